The minimum Gasteiger partial charge on any atom is -0.376 e. The van der Waals surface area contributed by atoms with Crippen LogP contribution in [0.4, 0.5) is 4.39 Å². The molecular formula is C16H19FN2O3. The molecule has 22 heavy (non-hydrogen) atoms. The standard InChI is InChI=1S/C16H19FN2O3/c1-2-19-8-11(7-14(19)20)15(21)18-16(9-22-10-16)12-5-3-4-6-13(12)17/h3-6,11H,2,7-10H2,1H3,(H,18,21). The molecule has 2 aliphatic rings. The van der Waals surface area contributed by atoms with Gasteiger partial charge in [-0.05, 0) is 13.0 Å². The number of carbonyl (C=O) groups is 2. The molecule has 1 aromatic carbocycles. The lowest BCUT2D eigenvalue weighted by atomic mass is 9.86. The summed E-state index contributed by atoms with van der Waals surface area (Å²) >= 11 is 0. The normalized spacial score (nSPS) is 23.3. The Morgan fingerprint density at radius 3 is 2.73 bits per heavy atom. The third kappa shape index (κ3) is 2.47. The van der Waals surface area contributed by atoms with Crippen molar-refractivity contribution >= 4 is 11.8 Å². The molecule has 3 rings (SSSR count). The molecule has 2 saturated heterocycles. The number of hydrogen-bond donors (Lipinski definition) is 1. The van der Waals surface area contributed by atoms with E-state index in [2.05, 4.69) is 5.32 Å². The fourth-order valence-electron chi connectivity index (χ4n) is 3.04. The maximum absolute atomic E-state index is 14.0. The molecule has 2 heterocycles. The van der Waals surface area contributed by atoms with Crippen molar-refractivity contribution in [3.8, 4) is 0 Å². The van der Waals surface area contributed by atoms with Crippen molar-refractivity contribution in [1.29, 1.82) is 0 Å². The summed E-state index contributed by atoms with van der Waals surface area (Å²) in [6, 6.07) is 6.39. The van der Waals surface area contributed by atoms with Crippen molar-refractivity contribution in [3.63, 3.8) is 0 Å². The van der Waals surface area contributed by atoms with Gasteiger partial charge in [0.25, 0.3) is 0 Å². The molecule has 0 aromatic heterocycles. The Hall–Kier alpha value is -1.95. The summed E-state index contributed by atoms with van der Waals surface area (Å²) in [4.78, 5) is 25.9. The first-order valence-corrected chi connectivity index (χ1v) is 7.48. The van der Waals surface area contributed by atoms with Crippen LogP contribution in [0.25, 0.3) is 0 Å². The lowest BCUT2D eigenvalue weighted by Gasteiger charge is -2.43. The average molecular weight is 306 g/mol. The fourth-order valence-corrected chi connectivity index (χ4v) is 3.04. The van der Waals surface area contributed by atoms with Crippen molar-refractivity contribution in [2.75, 3.05) is 26.3 Å². The van der Waals surface area contributed by atoms with Gasteiger partial charge in [0.2, 0.25) is 11.8 Å². The summed E-state index contributed by atoms with van der Waals surface area (Å²) in [5, 5.41) is 2.91. The van der Waals surface area contributed by atoms with Crippen molar-refractivity contribution < 1.29 is 18.7 Å². The van der Waals surface area contributed by atoms with Gasteiger partial charge < -0.3 is 15.0 Å². The van der Waals surface area contributed by atoms with Crippen LogP contribution in [0.3, 0.4) is 0 Å². The van der Waals surface area contributed by atoms with Crippen LogP contribution in [0.1, 0.15) is 18.9 Å². The fraction of sp³-hybridized carbons (Fsp3) is 0.500. The van der Waals surface area contributed by atoms with Gasteiger partial charge in [-0.25, -0.2) is 4.39 Å². The zero-order valence-corrected chi connectivity index (χ0v) is 12.5. The van der Waals surface area contributed by atoms with Gasteiger partial charge in [0, 0.05) is 25.1 Å². The first-order chi connectivity index (χ1) is 10.6. The SMILES string of the molecule is CCN1CC(C(=O)NC2(c3ccccc3F)COC2)CC1=O. The van der Waals surface area contributed by atoms with Crippen molar-refractivity contribution in [2.24, 2.45) is 5.92 Å². The third-order valence-electron chi connectivity index (χ3n) is 4.42. The first-order valence-electron chi connectivity index (χ1n) is 7.48. The molecule has 1 unspecified atom stereocenters. The summed E-state index contributed by atoms with van der Waals surface area (Å²) < 4.78 is 19.3. The van der Waals surface area contributed by atoms with Gasteiger partial charge in [-0.15, -0.1) is 0 Å². The summed E-state index contributed by atoms with van der Waals surface area (Å²) in [6.45, 7) is 3.41. The van der Waals surface area contributed by atoms with Crippen molar-refractivity contribution in [3.05, 3.63) is 35.6 Å². The van der Waals surface area contributed by atoms with E-state index in [1.807, 2.05) is 6.92 Å². The molecule has 0 spiro atoms. The number of likely N-dealkylation sites (tertiary alicyclic amines) is 1. The Bertz CT molecular complexity index is 601. The molecule has 2 fully saturated rings. The largest absolute Gasteiger partial charge is 0.376 e. The Morgan fingerprint density at radius 1 is 1.45 bits per heavy atom. The van der Waals surface area contributed by atoms with Gasteiger partial charge in [-0.2, -0.15) is 0 Å². The number of halogens is 1. The predicted octanol–water partition coefficient (Wildman–Crippen LogP) is 1.04. The first kappa shape index (κ1) is 15.0. The van der Waals surface area contributed by atoms with E-state index in [4.69, 9.17) is 4.74 Å². The second kappa shape index (κ2) is 5.68. The number of nitrogens with one attached hydrogen (secondary N) is 1. The molecule has 0 aliphatic carbocycles. The molecule has 0 bridgehead atoms. The van der Waals surface area contributed by atoms with E-state index >= 15 is 0 Å². The number of amides is 2. The second-order valence-electron chi connectivity index (χ2n) is 5.88. The molecule has 1 aromatic rings. The summed E-state index contributed by atoms with van der Waals surface area (Å²) in [5.41, 5.74) is -0.378. The Balaban J connectivity index is 1.75. The van der Waals surface area contributed by atoms with E-state index in [1.165, 1.54) is 6.07 Å². The molecule has 5 nitrogen and oxygen atoms in total. The van der Waals surface area contributed by atoms with Crippen LogP contribution in [0.15, 0.2) is 24.3 Å². The van der Waals surface area contributed by atoms with Crippen molar-refractivity contribution in [2.45, 2.75) is 18.9 Å². The van der Waals surface area contributed by atoms with E-state index in [9.17, 15) is 14.0 Å². The van der Waals surface area contributed by atoms with Gasteiger partial charge in [-0.1, -0.05) is 18.2 Å². The van der Waals surface area contributed by atoms with Crippen LogP contribution in [0.5, 0.6) is 0 Å². The summed E-state index contributed by atoms with van der Waals surface area (Å²) in [7, 11) is 0. The second-order valence-corrected chi connectivity index (χ2v) is 5.88. The van der Waals surface area contributed by atoms with Crippen LogP contribution in [0, 0.1) is 11.7 Å². The highest BCUT2D eigenvalue weighted by Crippen LogP contribution is 2.32. The van der Waals surface area contributed by atoms with Gasteiger partial charge in [-0.3, -0.25) is 9.59 Å². The molecule has 6 heteroatoms. The average Bonchev–Trinajstić information content (AvgIpc) is 2.85. The number of ether oxygens (including phenoxy) is 1. The highest BCUT2D eigenvalue weighted by molar-refractivity contribution is 5.89. The maximum atomic E-state index is 14.0. The summed E-state index contributed by atoms with van der Waals surface area (Å²) in [5.74, 6) is -0.955. The van der Waals surface area contributed by atoms with Crippen LogP contribution in [-0.4, -0.2) is 43.0 Å². The lowest BCUT2D eigenvalue weighted by Crippen LogP contribution is -2.60. The molecule has 0 saturated carbocycles. The highest BCUT2D eigenvalue weighted by atomic mass is 19.1. The van der Waals surface area contributed by atoms with Crippen molar-refractivity contribution in [1.82, 2.24) is 10.2 Å². The van der Waals surface area contributed by atoms with Gasteiger partial charge in [0.05, 0.1) is 19.1 Å². The highest BCUT2D eigenvalue weighted by Gasteiger charge is 2.45. The van der Waals surface area contributed by atoms with Crippen LogP contribution in [0.2, 0.25) is 0 Å². The van der Waals surface area contributed by atoms with E-state index in [0.29, 0.717) is 18.7 Å². The van der Waals surface area contributed by atoms with Gasteiger partial charge >= 0.3 is 0 Å². The monoisotopic (exact) mass is 306 g/mol. The number of rotatable bonds is 4. The van der Waals surface area contributed by atoms with Crippen LogP contribution < -0.4 is 5.32 Å². The molecule has 118 valence electrons. The van der Waals surface area contributed by atoms with Crippen LogP contribution >= 0.6 is 0 Å². The number of nitrogens with zero attached hydrogens (tertiary/aromatic N) is 1. The van der Waals surface area contributed by atoms with E-state index in [-0.39, 0.29) is 43.2 Å². The van der Waals surface area contributed by atoms with E-state index in [1.54, 1.807) is 23.1 Å². The minimum atomic E-state index is -0.814. The van der Waals surface area contributed by atoms with Crippen LogP contribution in [-0.2, 0) is 19.9 Å². The predicted molar refractivity (Wildman–Crippen MR) is 77.4 cm³/mol. The Kier molecular flexibility index (Phi) is 3.87. The third-order valence-corrected chi connectivity index (χ3v) is 4.42. The quantitative estimate of drug-likeness (QED) is 0.904. The smallest absolute Gasteiger partial charge is 0.226 e. The Morgan fingerprint density at radius 2 is 2.18 bits per heavy atom. The van der Waals surface area contributed by atoms with Gasteiger partial charge in [0.15, 0.2) is 0 Å². The Labute approximate surface area is 128 Å². The molecule has 2 aliphatic heterocycles. The number of carbonyl (C=O) groups excluding carboxylic acids is 2. The van der Waals surface area contributed by atoms with E-state index in [0.717, 1.165) is 0 Å². The number of benzene rings is 1. The molecule has 1 N–H and O–H groups in total. The number of hydrogen-bond acceptors (Lipinski definition) is 3. The molecule has 0 radical (unpaired) electrons. The van der Waals surface area contributed by atoms with Gasteiger partial charge in [0.1, 0.15) is 11.4 Å². The summed E-state index contributed by atoms with van der Waals surface area (Å²) in [6.07, 6.45) is 0.216. The zero-order valence-electron chi connectivity index (χ0n) is 12.5. The maximum Gasteiger partial charge on any atom is 0.226 e. The zero-order chi connectivity index (χ0) is 15.7. The topological polar surface area (TPSA) is 58.6 Å². The molecular weight excluding hydrogens is 287 g/mol. The lowest BCUT2D eigenvalue weighted by molar-refractivity contribution is -0.138. The minimum absolute atomic E-state index is 0.00699. The molecule has 2 amide bonds. The van der Waals surface area contributed by atoms with E-state index < -0.39 is 5.54 Å². The molecule has 1 atom stereocenters.